The highest BCUT2D eigenvalue weighted by atomic mass is 79.9. The molecule has 0 amide bonds. The molecule has 1 aromatic carbocycles. The zero-order valence-electron chi connectivity index (χ0n) is 17.5. The van der Waals surface area contributed by atoms with Crippen LogP contribution >= 0.6 is 28.1 Å². The number of thiocarbonyl (C=S) groups is 1. The summed E-state index contributed by atoms with van der Waals surface area (Å²) in [5, 5.41) is 4.24. The number of pyridine rings is 2. The van der Waals surface area contributed by atoms with E-state index >= 15 is 0 Å². The Balaban J connectivity index is 1.61. The molecule has 1 saturated heterocycles. The van der Waals surface area contributed by atoms with Crippen LogP contribution in [0.2, 0.25) is 0 Å². The molecular formula is C25H22BrN5S. The number of aryl methyl sites for hydroxylation is 1. The van der Waals surface area contributed by atoms with Gasteiger partial charge < -0.3 is 14.8 Å². The first-order valence-corrected chi connectivity index (χ1v) is 11.6. The first-order valence-electron chi connectivity index (χ1n) is 10.4. The minimum atomic E-state index is -0.0739. The van der Waals surface area contributed by atoms with Crippen LogP contribution in [0.4, 0.5) is 5.69 Å². The molecule has 0 saturated carbocycles. The van der Waals surface area contributed by atoms with Gasteiger partial charge in [0.2, 0.25) is 0 Å². The van der Waals surface area contributed by atoms with E-state index in [2.05, 4.69) is 96.3 Å². The van der Waals surface area contributed by atoms with Gasteiger partial charge in [0, 0.05) is 47.2 Å². The highest BCUT2D eigenvalue weighted by Crippen LogP contribution is 2.42. The highest BCUT2D eigenvalue weighted by molar-refractivity contribution is 9.10. The fraction of sp³-hybridized carbons (Fsp3) is 0.160. The van der Waals surface area contributed by atoms with E-state index < -0.39 is 0 Å². The number of anilines is 1. The summed E-state index contributed by atoms with van der Waals surface area (Å²) >= 11 is 9.47. The predicted octanol–water partition coefficient (Wildman–Crippen LogP) is 5.57. The quantitative estimate of drug-likeness (QED) is 0.360. The summed E-state index contributed by atoms with van der Waals surface area (Å²) in [6.45, 7) is 2.83. The number of hydrogen-bond donors (Lipinski definition) is 1. The second kappa shape index (κ2) is 8.84. The topological polar surface area (TPSA) is 46.0 Å². The summed E-state index contributed by atoms with van der Waals surface area (Å²) in [4.78, 5) is 11.1. The summed E-state index contributed by atoms with van der Waals surface area (Å²) in [5.74, 6) is 0. The standard InChI is InChI=1S/C25H22BrN5S/c1-17-14-19(9-10-20(17)26)31-24(23(29-25(31)32)21-7-2-3-12-28-21)22-8-5-13-30(22)16-18-6-4-11-27-15-18/h2-15,23-24H,16H2,1H3,(H,29,32). The van der Waals surface area contributed by atoms with Gasteiger partial charge in [0.1, 0.15) is 6.04 Å². The molecule has 0 bridgehead atoms. The Hall–Kier alpha value is -3.03. The predicted molar refractivity (Wildman–Crippen MR) is 135 cm³/mol. The van der Waals surface area contributed by atoms with E-state index in [4.69, 9.17) is 12.2 Å². The van der Waals surface area contributed by atoms with E-state index in [9.17, 15) is 0 Å². The van der Waals surface area contributed by atoms with Crippen LogP contribution in [0.1, 0.15) is 34.6 Å². The summed E-state index contributed by atoms with van der Waals surface area (Å²) in [7, 11) is 0. The third-order valence-corrected chi connectivity index (χ3v) is 6.97. The molecule has 5 nitrogen and oxygen atoms in total. The summed E-state index contributed by atoms with van der Waals surface area (Å²) in [6.07, 6.45) is 7.66. The molecule has 7 heteroatoms. The lowest BCUT2D eigenvalue weighted by atomic mass is 10.0. The lowest BCUT2D eigenvalue weighted by molar-refractivity contribution is 0.533. The second-order valence-corrected chi connectivity index (χ2v) is 9.09. The lowest BCUT2D eigenvalue weighted by Gasteiger charge is -2.29. The number of nitrogens with zero attached hydrogens (tertiary/aromatic N) is 4. The van der Waals surface area contributed by atoms with Gasteiger partial charge >= 0.3 is 0 Å². The molecule has 1 aliphatic rings. The molecule has 2 unspecified atom stereocenters. The summed E-state index contributed by atoms with van der Waals surface area (Å²) < 4.78 is 3.35. The molecule has 1 fully saturated rings. The first kappa shape index (κ1) is 20.8. The van der Waals surface area contributed by atoms with Crippen molar-refractivity contribution in [3.8, 4) is 0 Å². The van der Waals surface area contributed by atoms with Gasteiger partial charge in [-0.3, -0.25) is 9.97 Å². The van der Waals surface area contributed by atoms with Crippen LogP contribution in [0.5, 0.6) is 0 Å². The van der Waals surface area contributed by atoms with E-state index in [-0.39, 0.29) is 12.1 Å². The Morgan fingerprint density at radius 3 is 2.72 bits per heavy atom. The minimum Gasteiger partial charge on any atom is -0.351 e. The van der Waals surface area contributed by atoms with Gasteiger partial charge in [0.05, 0.1) is 11.7 Å². The van der Waals surface area contributed by atoms with Gasteiger partial charge in [0.15, 0.2) is 5.11 Å². The molecule has 5 rings (SSSR count). The average molecular weight is 504 g/mol. The van der Waals surface area contributed by atoms with E-state index in [1.165, 1.54) is 0 Å². The van der Waals surface area contributed by atoms with Gasteiger partial charge in [-0.05, 0) is 78.8 Å². The van der Waals surface area contributed by atoms with Crippen molar-refractivity contribution in [3.63, 3.8) is 0 Å². The SMILES string of the molecule is Cc1cc(N2C(=S)NC(c3ccccn3)C2c2cccn2Cc2cccnc2)ccc1Br. The Morgan fingerprint density at radius 2 is 1.97 bits per heavy atom. The fourth-order valence-electron chi connectivity index (χ4n) is 4.24. The molecule has 1 aliphatic heterocycles. The van der Waals surface area contributed by atoms with Crippen molar-refractivity contribution in [2.45, 2.75) is 25.6 Å². The maximum absolute atomic E-state index is 5.86. The van der Waals surface area contributed by atoms with Crippen molar-refractivity contribution in [1.29, 1.82) is 0 Å². The lowest BCUT2D eigenvalue weighted by Crippen LogP contribution is -2.30. The van der Waals surface area contributed by atoms with E-state index in [0.717, 1.165) is 39.2 Å². The molecule has 0 spiro atoms. The molecule has 160 valence electrons. The first-order chi connectivity index (χ1) is 15.6. The molecule has 0 radical (unpaired) electrons. The van der Waals surface area contributed by atoms with Crippen LogP contribution in [0, 0.1) is 6.92 Å². The van der Waals surface area contributed by atoms with Crippen LogP contribution in [-0.2, 0) is 6.54 Å². The number of aromatic nitrogens is 3. The molecular weight excluding hydrogens is 482 g/mol. The van der Waals surface area contributed by atoms with Crippen molar-refractivity contribution in [2.24, 2.45) is 0 Å². The Morgan fingerprint density at radius 1 is 1.06 bits per heavy atom. The van der Waals surface area contributed by atoms with Crippen LogP contribution in [0.15, 0.2) is 89.9 Å². The smallest absolute Gasteiger partial charge is 0.174 e. The average Bonchev–Trinajstić information content (AvgIpc) is 3.40. The zero-order chi connectivity index (χ0) is 22.1. The molecule has 32 heavy (non-hydrogen) atoms. The maximum atomic E-state index is 5.86. The van der Waals surface area contributed by atoms with Gasteiger partial charge in [-0.15, -0.1) is 0 Å². The Labute approximate surface area is 201 Å². The maximum Gasteiger partial charge on any atom is 0.174 e. The van der Waals surface area contributed by atoms with Crippen molar-refractivity contribution >= 4 is 38.9 Å². The third-order valence-electron chi connectivity index (χ3n) is 5.76. The number of benzene rings is 1. The van der Waals surface area contributed by atoms with Crippen molar-refractivity contribution in [3.05, 3.63) is 112 Å². The fourth-order valence-corrected chi connectivity index (χ4v) is 4.83. The van der Waals surface area contributed by atoms with Crippen molar-refractivity contribution in [1.82, 2.24) is 19.9 Å². The number of halogens is 1. The largest absolute Gasteiger partial charge is 0.351 e. The summed E-state index contributed by atoms with van der Waals surface area (Å²) in [6, 6.07) is 20.6. The highest BCUT2D eigenvalue weighted by Gasteiger charge is 2.42. The molecule has 2 atom stereocenters. The van der Waals surface area contributed by atoms with Crippen LogP contribution < -0.4 is 10.2 Å². The van der Waals surface area contributed by atoms with Gasteiger partial charge in [-0.1, -0.05) is 28.1 Å². The van der Waals surface area contributed by atoms with E-state index in [1.54, 1.807) is 6.20 Å². The van der Waals surface area contributed by atoms with Crippen LogP contribution in [-0.4, -0.2) is 19.6 Å². The zero-order valence-corrected chi connectivity index (χ0v) is 19.9. The van der Waals surface area contributed by atoms with Gasteiger partial charge in [-0.25, -0.2) is 0 Å². The molecule has 1 N–H and O–H groups in total. The Kier molecular flexibility index (Phi) is 5.76. The summed E-state index contributed by atoms with van der Waals surface area (Å²) in [5.41, 5.74) is 5.50. The number of nitrogens with one attached hydrogen (secondary N) is 1. The molecule has 0 aliphatic carbocycles. The normalized spacial score (nSPS) is 18.1. The van der Waals surface area contributed by atoms with Crippen molar-refractivity contribution < 1.29 is 0 Å². The van der Waals surface area contributed by atoms with E-state index in [0.29, 0.717) is 5.11 Å². The molecule has 4 aromatic rings. The monoisotopic (exact) mass is 503 g/mol. The number of hydrogen-bond acceptors (Lipinski definition) is 3. The molecule has 4 heterocycles. The second-order valence-electron chi connectivity index (χ2n) is 7.85. The van der Waals surface area contributed by atoms with Crippen LogP contribution in [0.3, 0.4) is 0 Å². The van der Waals surface area contributed by atoms with Gasteiger partial charge in [-0.2, -0.15) is 0 Å². The minimum absolute atomic E-state index is 0.0513. The third kappa shape index (κ3) is 3.94. The van der Waals surface area contributed by atoms with Crippen molar-refractivity contribution in [2.75, 3.05) is 4.90 Å². The Bertz CT molecular complexity index is 1240. The van der Waals surface area contributed by atoms with Gasteiger partial charge in [0.25, 0.3) is 0 Å². The van der Waals surface area contributed by atoms with E-state index in [1.807, 2.05) is 30.6 Å². The number of rotatable bonds is 5. The van der Waals surface area contributed by atoms with Crippen LogP contribution in [0.25, 0.3) is 0 Å². The molecule has 3 aromatic heterocycles.